The van der Waals surface area contributed by atoms with Crippen molar-refractivity contribution in [2.24, 2.45) is 0 Å². The van der Waals surface area contributed by atoms with Crippen LogP contribution in [0.1, 0.15) is 12.8 Å². The molecule has 2 aliphatic heterocycles. The van der Waals surface area contributed by atoms with Crippen LogP contribution in [0.2, 0.25) is 0 Å². The van der Waals surface area contributed by atoms with E-state index in [-0.39, 0.29) is 47.5 Å². The molecule has 116 valence electrons. The Morgan fingerprint density at radius 2 is 1.70 bits per heavy atom. The molecule has 1 N–H and O–H groups in total. The summed E-state index contributed by atoms with van der Waals surface area (Å²) in [6.07, 6.45) is 1.000. The Hall–Kier alpha value is -0.670. The van der Waals surface area contributed by atoms with E-state index in [1.165, 1.54) is 4.90 Å². The number of nitrogens with zero attached hydrogens (tertiary/aromatic N) is 1. The zero-order chi connectivity index (χ0) is 15.0. The van der Waals surface area contributed by atoms with Gasteiger partial charge in [0.05, 0.1) is 29.6 Å². The minimum Gasteiger partial charge on any atom is -0.341 e. The number of hydrogen-bond donors (Lipinski definition) is 1. The number of carbonyl (C=O) groups is 1. The molecule has 20 heavy (non-hydrogen) atoms. The van der Waals surface area contributed by atoms with Crippen molar-refractivity contribution in [1.82, 2.24) is 10.2 Å². The molecular formula is C11H20N2O5S2. The van der Waals surface area contributed by atoms with Gasteiger partial charge in [-0.25, -0.2) is 16.8 Å². The van der Waals surface area contributed by atoms with E-state index >= 15 is 0 Å². The molecule has 1 amide bonds. The van der Waals surface area contributed by atoms with Gasteiger partial charge >= 0.3 is 0 Å². The smallest absolute Gasteiger partial charge is 0.236 e. The molecule has 2 rings (SSSR count). The standard InChI is InChI=1S/C11H20N2O5S2/c1-13(10-3-5-20(17,18)8-10)11(14)6-12-9-2-4-19(15,16)7-9/h9-10,12H,2-8H2,1H3. The highest BCUT2D eigenvalue weighted by Crippen LogP contribution is 2.16. The van der Waals surface area contributed by atoms with E-state index in [1.807, 2.05) is 0 Å². The van der Waals surface area contributed by atoms with Crippen molar-refractivity contribution in [2.75, 3.05) is 36.6 Å². The number of nitrogens with one attached hydrogen (secondary N) is 1. The van der Waals surface area contributed by atoms with Crippen molar-refractivity contribution in [1.29, 1.82) is 0 Å². The van der Waals surface area contributed by atoms with Crippen molar-refractivity contribution >= 4 is 25.6 Å². The van der Waals surface area contributed by atoms with Gasteiger partial charge in [-0.05, 0) is 12.8 Å². The average Bonchev–Trinajstić information content (AvgIpc) is 2.87. The minimum atomic E-state index is -3.01. The van der Waals surface area contributed by atoms with Gasteiger partial charge in [-0.1, -0.05) is 0 Å². The Kier molecular flexibility index (Phi) is 4.41. The molecule has 2 fully saturated rings. The summed E-state index contributed by atoms with van der Waals surface area (Å²) in [4.78, 5) is 13.4. The van der Waals surface area contributed by atoms with Crippen LogP contribution >= 0.6 is 0 Å². The second kappa shape index (κ2) is 5.61. The van der Waals surface area contributed by atoms with Gasteiger partial charge in [-0.2, -0.15) is 0 Å². The molecule has 2 atom stereocenters. The van der Waals surface area contributed by atoms with Gasteiger partial charge < -0.3 is 10.2 Å². The molecule has 0 aromatic carbocycles. The van der Waals surface area contributed by atoms with Crippen molar-refractivity contribution in [3.05, 3.63) is 0 Å². The zero-order valence-electron chi connectivity index (χ0n) is 11.4. The zero-order valence-corrected chi connectivity index (χ0v) is 13.0. The van der Waals surface area contributed by atoms with Gasteiger partial charge in [0.2, 0.25) is 5.91 Å². The Morgan fingerprint density at radius 3 is 2.20 bits per heavy atom. The highest BCUT2D eigenvalue weighted by molar-refractivity contribution is 7.91. The monoisotopic (exact) mass is 324 g/mol. The second-order valence-electron chi connectivity index (χ2n) is 5.54. The molecule has 2 unspecified atom stereocenters. The molecule has 0 aliphatic carbocycles. The fourth-order valence-corrected chi connectivity index (χ4v) is 6.08. The molecule has 0 aromatic heterocycles. The highest BCUT2D eigenvalue weighted by atomic mass is 32.2. The third-order valence-electron chi connectivity index (χ3n) is 3.92. The predicted molar refractivity (Wildman–Crippen MR) is 74.9 cm³/mol. The topological polar surface area (TPSA) is 101 Å². The summed E-state index contributed by atoms with van der Waals surface area (Å²) in [6, 6.07) is -0.439. The molecule has 2 heterocycles. The van der Waals surface area contributed by atoms with E-state index in [4.69, 9.17) is 0 Å². The maximum absolute atomic E-state index is 12.0. The largest absolute Gasteiger partial charge is 0.341 e. The molecule has 0 radical (unpaired) electrons. The Bertz CT molecular complexity index is 584. The molecule has 9 heteroatoms. The van der Waals surface area contributed by atoms with Crippen LogP contribution < -0.4 is 5.32 Å². The van der Waals surface area contributed by atoms with Gasteiger partial charge in [-0.15, -0.1) is 0 Å². The van der Waals surface area contributed by atoms with Gasteiger partial charge in [0.15, 0.2) is 19.7 Å². The molecule has 0 saturated carbocycles. The van der Waals surface area contributed by atoms with E-state index in [9.17, 15) is 21.6 Å². The first-order valence-electron chi connectivity index (χ1n) is 6.58. The van der Waals surface area contributed by atoms with E-state index in [1.54, 1.807) is 7.05 Å². The maximum atomic E-state index is 12.0. The summed E-state index contributed by atoms with van der Waals surface area (Å²) in [6.45, 7) is 0.0488. The van der Waals surface area contributed by atoms with Crippen molar-refractivity contribution in [2.45, 2.75) is 24.9 Å². The van der Waals surface area contributed by atoms with Crippen molar-refractivity contribution in [3.8, 4) is 0 Å². The minimum absolute atomic E-state index is 0.0209. The number of hydrogen-bond acceptors (Lipinski definition) is 6. The first kappa shape index (κ1) is 15.7. The van der Waals surface area contributed by atoms with E-state index in [2.05, 4.69) is 5.32 Å². The van der Waals surface area contributed by atoms with Gasteiger partial charge in [0.1, 0.15) is 0 Å². The summed E-state index contributed by atoms with van der Waals surface area (Å²) in [5.41, 5.74) is 0. The molecule has 0 bridgehead atoms. The summed E-state index contributed by atoms with van der Waals surface area (Å²) in [5, 5.41) is 2.94. The molecule has 2 aliphatic rings. The van der Waals surface area contributed by atoms with E-state index < -0.39 is 19.7 Å². The predicted octanol–water partition coefficient (Wildman–Crippen LogP) is -1.59. The number of rotatable bonds is 4. The van der Waals surface area contributed by atoms with Crippen LogP contribution in [0.25, 0.3) is 0 Å². The van der Waals surface area contributed by atoms with Gasteiger partial charge in [-0.3, -0.25) is 4.79 Å². The lowest BCUT2D eigenvalue weighted by Crippen LogP contribution is -2.45. The first-order chi connectivity index (χ1) is 9.19. The van der Waals surface area contributed by atoms with Crippen LogP contribution in [0.15, 0.2) is 0 Å². The molecule has 0 spiro atoms. The van der Waals surface area contributed by atoms with Gasteiger partial charge in [0, 0.05) is 19.1 Å². The molecule has 7 nitrogen and oxygen atoms in total. The van der Waals surface area contributed by atoms with Crippen LogP contribution in [-0.2, 0) is 24.5 Å². The van der Waals surface area contributed by atoms with Crippen LogP contribution in [-0.4, -0.2) is 76.3 Å². The number of amides is 1. The number of likely N-dealkylation sites (N-methyl/N-ethyl adjacent to an activating group) is 1. The molecule has 0 aromatic rings. The van der Waals surface area contributed by atoms with Crippen LogP contribution in [0.5, 0.6) is 0 Å². The fourth-order valence-electron chi connectivity index (χ4n) is 2.60. The van der Waals surface area contributed by atoms with Crippen LogP contribution in [0, 0.1) is 0 Å². The Labute approximate surface area is 119 Å². The lowest BCUT2D eigenvalue weighted by molar-refractivity contribution is -0.130. The summed E-state index contributed by atoms with van der Waals surface area (Å²) >= 11 is 0. The Balaban J connectivity index is 1.81. The average molecular weight is 324 g/mol. The number of sulfone groups is 2. The lowest BCUT2D eigenvalue weighted by atomic mass is 10.2. The number of carbonyl (C=O) groups excluding carboxylic acids is 1. The van der Waals surface area contributed by atoms with E-state index in [0.717, 1.165) is 0 Å². The SMILES string of the molecule is CN(C(=O)CNC1CCS(=O)(=O)C1)C1CCS(=O)(=O)C1. The van der Waals surface area contributed by atoms with Crippen molar-refractivity contribution < 1.29 is 21.6 Å². The third kappa shape index (κ3) is 3.92. The third-order valence-corrected chi connectivity index (χ3v) is 7.44. The summed E-state index contributed by atoms with van der Waals surface area (Å²) < 4.78 is 45.4. The summed E-state index contributed by atoms with van der Waals surface area (Å²) in [5.74, 6) is 0.185. The van der Waals surface area contributed by atoms with Gasteiger partial charge in [0.25, 0.3) is 0 Å². The van der Waals surface area contributed by atoms with Crippen LogP contribution in [0.3, 0.4) is 0 Å². The quantitative estimate of drug-likeness (QED) is 0.669. The van der Waals surface area contributed by atoms with Crippen LogP contribution in [0.4, 0.5) is 0 Å². The molecule has 2 saturated heterocycles. The Morgan fingerprint density at radius 1 is 1.10 bits per heavy atom. The second-order valence-corrected chi connectivity index (χ2v) is 10.00. The fraction of sp³-hybridized carbons (Fsp3) is 0.909. The highest BCUT2D eigenvalue weighted by Gasteiger charge is 2.33. The normalized spacial score (nSPS) is 31.2. The lowest BCUT2D eigenvalue weighted by Gasteiger charge is -2.24. The summed E-state index contributed by atoms with van der Waals surface area (Å²) in [7, 11) is -4.38. The maximum Gasteiger partial charge on any atom is 0.236 e. The molecular weight excluding hydrogens is 304 g/mol. The van der Waals surface area contributed by atoms with E-state index in [0.29, 0.717) is 12.8 Å². The van der Waals surface area contributed by atoms with Crippen molar-refractivity contribution in [3.63, 3.8) is 0 Å². The first-order valence-corrected chi connectivity index (χ1v) is 10.2.